The number of carbonyl (C=O) groups is 2. The van der Waals surface area contributed by atoms with Crippen LogP contribution in [0.2, 0.25) is 0 Å². The van der Waals surface area contributed by atoms with Crippen molar-refractivity contribution in [1.29, 1.82) is 0 Å². The number of thioether (sulfide) groups is 1. The molecule has 9 nitrogen and oxygen atoms in total. The van der Waals surface area contributed by atoms with Crippen molar-refractivity contribution in [3.63, 3.8) is 0 Å². The van der Waals surface area contributed by atoms with E-state index in [9.17, 15) is 9.59 Å². The van der Waals surface area contributed by atoms with Gasteiger partial charge in [-0.05, 0) is 49.6 Å². The Morgan fingerprint density at radius 2 is 1.80 bits per heavy atom. The van der Waals surface area contributed by atoms with Crippen molar-refractivity contribution in [2.75, 3.05) is 32.0 Å². The summed E-state index contributed by atoms with van der Waals surface area (Å²) in [6.45, 7) is 6.07. The Morgan fingerprint density at radius 1 is 1.00 bits per heavy atom. The highest BCUT2D eigenvalue weighted by atomic mass is 32.2. The van der Waals surface area contributed by atoms with Crippen molar-refractivity contribution >= 4 is 23.6 Å². The summed E-state index contributed by atoms with van der Waals surface area (Å²) in [6.07, 6.45) is 2.78. The Morgan fingerprint density at radius 3 is 2.56 bits per heavy atom. The van der Waals surface area contributed by atoms with Gasteiger partial charge < -0.3 is 19.0 Å². The van der Waals surface area contributed by atoms with Gasteiger partial charge in [0.05, 0.1) is 18.6 Å². The number of hydrogen-bond donors (Lipinski definition) is 0. The number of hydrogen-bond acceptors (Lipinski definition) is 7. The highest BCUT2D eigenvalue weighted by Crippen LogP contribution is 2.30. The van der Waals surface area contributed by atoms with Crippen LogP contribution in [0, 0.1) is 6.92 Å². The molecule has 214 valence electrons. The molecule has 1 aliphatic heterocycles. The van der Waals surface area contributed by atoms with Gasteiger partial charge in [-0.15, -0.1) is 10.2 Å². The maximum atomic E-state index is 13.0. The van der Waals surface area contributed by atoms with Gasteiger partial charge in [0.2, 0.25) is 17.6 Å². The molecule has 1 atom stereocenters. The average Bonchev–Trinajstić information content (AvgIpc) is 3.66. The lowest BCUT2D eigenvalue weighted by Crippen LogP contribution is -2.56. The molecule has 10 heteroatoms. The van der Waals surface area contributed by atoms with Crippen LogP contribution in [0.3, 0.4) is 0 Å². The zero-order valence-corrected chi connectivity index (χ0v) is 24.3. The van der Waals surface area contributed by atoms with E-state index < -0.39 is 0 Å². The molecule has 3 heterocycles. The number of furan rings is 1. The van der Waals surface area contributed by atoms with E-state index in [1.807, 2.05) is 82.0 Å². The third-order valence-corrected chi connectivity index (χ3v) is 8.15. The first-order valence-corrected chi connectivity index (χ1v) is 14.9. The molecule has 4 aromatic rings. The Hall–Kier alpha value is -3.89. The van der Waals surface area contributed by atoms with Gasteiger partial charge in [0.25, 0.3) is 0 Å². The second-order valence-electron chi connectivity index (χ2n) is 10.1. The summed E-state index contributed by atoms with van der Waals surface area (Å²) in [5, 5.41) is 9.61. The number of aryl methyl sites for hydroxylation is 1. The van der Waals surface area contributed by atoms with Gasteiger partial charge in [-0.2, -0.15) is 0 Å². The number of carbonyl (C=O) groups excluding carboxylic acids is 2. The average molecular weight is 574 g/mol. The smallest absolute Gasteiger partial charge is 0.248 e. The number of aromatic nitrogens is 3. The zero-order valence-electron chi connectivity index (χ0n) is 23.4. The normalized spacial score (nSPS) is 15.3. The minimum atomic E-state index is -0.0532. The van der Waals surface area contributed by atoms with Crippen LogP contribution in [-0.2, 0) is 20.9 Å². The van der Waals surface area contributed by atoms with Gasteiger partial charge in [0.1, 0.15) is 6.61 Å². The summed E-state index contributed by atoms with van der Waals surface area (Å²) in [4.78, 5) is 29.4. The molecule has 0 N–H and O–H groups in total. The third kappa shape index (κ3) is 7.07. The van der Waals surface area contributed by atoms with Crippen molar-refractivity contribution in [2.24, 2.45) is 0 Å². The van der Waals surface area contributed by atoms with E-state index >= 15 is 0 Å². The molecule has 2 amide bonds. The fourth-order valence-electron chi connectivity index (χ4n) is 4.97. The van der Waals surface area contributed by atoms with Crippen molar-refractivity contribution < 1.29 is 18.7 Å². The predicted octanol–water partition coefficient (Wildman–Crippen LogP) is 4.98. The molecule has 5 rings (SSSR count). The number of amides is 2. The lowest BCUT2D eigenvalue weighted by Gasteiger charge is -2.40. The van der Waals surface area contributed by atoms with Crippen LogP contribution in [-0.4, -0.2) is 74.4 Å². The topological polar surface area (TPSA) is 93.7 Å². The molecule has 1 aliphatic rings. The molecule has 0 spiro atoms. The first-order chi connectivity index (χ1) is 20.0. The molecule has 1 fully saturated rings. The summed E-state index contributed by atoms with van der Waals surface area (Å²) in [6, 6.07) is 21.6. The maximum Gasteiger partial charge on any atom is 0.248 e. The SMILES string of the molecule is Cc1ccccc1-n1c(SCCCC(=O)N2CCN(C(=O)COCc3ccccc3)C(C)C2)nnc1-c1ccco1. The van der Waals surface area contributed by atoms with Crippen LogP contribution in [0.4, 0.5) is 0 Å². The molecular weight excluding hydrogens is 538 g/mol. The van der Waals surface area contributed by atoms with Crippen LogP contribution < -0.4 is 0 Å². The van der Waals surface area contributed by atoms with Gasteiger partial charge in [0.15, 0.2) is 10.9 Å². The number of benzene rings is 2. The largest absolute Gasteiger partial charge is 0.461 e. The maximum absolute atomic E-state index is 13.0. The van der Waals surface area contributed by atoms with E-state index in [0.717, 1.165) is 27.7 Å². The van der Waals surface area contributed by atoms with Gasteiger partial charge in [-0.1, -0.05) is 60.3 Å². The number of nitrogens with zero attached hydrogens (tertiary/aromatic N) is 5. The van der Waals surface area contributed by atoms with E-state index in [1.165, 1.54) is 0 Å². The van der Waals surface area contributed by atoms with Crippen molar-refractivity contribution in [3.05, 3.63) is 84.1 Å². The van der Waals surface area contributed by atoms with Gasteiger partial charge in [0, 0.05) is 37.8 Å². The van der Waals surface area contributed by atoms with Crippen LogP contribution in [0.25, 0.3) is 17.3 Å². The van der Waals surface area contributed by atoms with Crippen molar-refractivity contribution in [3.8, 4) is 17.3 Å². The summed E-state index contributed by atoms with van der Waals surface area (Å²) >= 11 is 1.58. The summed E-state index contributed by atoms with van der Waals surface area (Å²) in [5.41, 5.74) is 3.14. The molecule has 0 radical (unpaired) electrons. The Labute approximate surface area is 244 Å². The molecule has 0 bridgehead atoms. The summed E-state index contributed by atoms with van der Waals surface area (Å²) in [5.74, 6) is 2.10. The Bertz CT molecular complexity index is 1440. The van der Waals surface area contributed by atoms with Crippen LogP contribution in [0.5, 0.6) is 0 Å². The first kappa shape index (κ1) is 28.6. The second kappa shape index (κ2) is 13.6. The van der Waals surface area contributed by atoms with E-state index in [-0.39, 0.29) is 24.5 Å². The fourth-order valence-corrected chi connectivity index (χ4v) is 5.86. The standard InChI is InChI=1S/C31H35N5O4S/c1-23-10-6-7-13-26(23)36-30(27-14-8-18-40-27)32-33-31(36)41-19-9-15-28(37)34-16-17-35(24(2)20-34)29(38)22-39-21-25-11-4-3-5-12-25/h3-8,10-14,18,24H,9,15-17,19-22H2,1-2H3. The molecule has 1 unspecified atom stereocenters. The monoisotopic (exact) mass is 573 g/mol. The highest BCUT2D eigenvalue weighted by Gasteiger charge is 2.29. The molecule has 0 aliphatic carbocycles. The van der Waals surface area contributed by atoms with Gasteiger partial charge in [-0.25, -0.2) is 0 Å². The lowest BCUT2D eigenvalue weighted by molar-refractivity contribution is -0.145. The van der Waals surface area contributed by atoms with Gasteiger partial charge in [-0.3, -0.25) is 14.2 Å². The second-order valence-corrected chi connectivity index (χ2v) is 11.2. The lowest BCUT2D eigenvalue weighted by atomic mass is 10.1. The van der Waals surface area contributed by atoms with Gasteiger partial charge >= 0.3 is 0 Å². The number of piperazine rings is 1. The van der Waals surface area contributed by atoms with Crippen molar-refractivity contribution in [2.45, 2.75) is 44.5 Å². The third-order valence-electron chi connectivity index (χ3n) is 7.14. The highest BCUT2D eigenvalue weighted by molar-refractivity contribution is 7.99. The molecule has 2 aromatic heterocycles. The zero-order chi connectivity index (χ0) is 28.6. The van der Waals surface area contributed by atoms with E-state index in [1.54, 1.807) is 18.0 Å². The number of ether oxygens (including phenoxy) is 1. The van der Waals surface area contributed by atoms with Crippen LogP contribution in [0.1, 0.15) is 30.9 Å². The molecule has 0 saturated carbocycles. The van der Waals surface area contributed by atoms with E-state index in [0.29, 0.717) is 50.7 Å². The van der Waals surface area contributed by atoms with E-state index in [2.05, 4.69) is 23.2 Å². The number of rotatable bonds is 11. The Balaban J connectivity index is 1.10. The van der Waals surface area contributed by atoms with Crippen LogP contribution in [0.15, 0.2) is 82.6 Å². The van der Waals surface area contributed by atoms with Crippen molar-refractivity contribution in [1.82, 2.24) is 24.6 Å². The molecular formula is C31H35N5O4S. The predicted molar refractivity (Wildman–Crippen MR) is 158 cm³/mol. The fraction of sp³-hybridized carbons (Fsp3) is 0.355. The molecule has 41 heavy (non-hydrogen) atoms. The molecule has 2 aromatic carbocycles. The Kier molecular flexibility index (Phi) is 9.53. The quantitative estimate of drug-likeness (QED) is 0.184. The minimum Gasteiger partial charge on any atom is -0.461 e. The van der Waals surface area contributed by atoms with E-state index in [4.69, 9.17) is 9.15 Å². The summed E-state index contributed by atoms with van der Waals surface area (Å²) < 4.78 is 13.3. The molecule has 1 saturated heterocycles. The summed E-state index contributed by atoms with van der Waals surface area (Å²) in [7, 11) is 0. The first-order valence-electron chi connectivity index (χ1n) is 13.9. The van der Waals surface area contributed by atoms with Crippen LogP contribution >= 0.6 is 11.8 Å². The minimum absolute atomic E-state index is 0.0383. The number of para-hydroxylation sites is 1.